The molecule has 2 aromatic carbocycles. The first-order valence-electron chi connectivity index (χ1n) is 12.9. The number of likely N-dealkylation sites (tertiary alicyclic amines) is 1. The number of aliphatic hydroxyl groups is 2. The Morgan fingerprint density at radius 3 is 2.51 bits per heavy atom. The monoisotopic (exact) mass is 478 g/mol. The van der Waals surface area contributed by atoms with Crippen LogP contribution >= 0.6 is 0 Å². The van der Waals surface area contributed by atoms with Gasteiger partial charge in [-0.25, -0.2) is 0 Å². The summed E-state index contributed by atoms with van der Waals surface area (Å²) in [6.07, 6.45) is 1.23. The van der Waals surface area contributed by atoms with E-state index < -0.39 is 17.8 Å². The summed E-state index contributed by atoms with van der Waals surface area (Å²) in [5.41, 5.74) is 7.55. The van der Waals surface area contributed by atoms with Crippen LogP contribution < -0.4 is 10.5 Å². The second-order valence-corrected chi connectivity index (χ2v) is 11.5. The van der Waals surface area contributed by atoms with Crippen LogP contribution in [-0.2, 0) is 6.54 Å². The Kier molecular flexibility index (Phi) is 6.19. The van der Waals surface area contributed by atoms with Crippen LogP contribution in [0.2, 0.25) is 0 Å². The van der Waals surface area contributed by atoms with E-state index in [1.807, 2.05) is 23.1 Å². The molecule has 0 radical (unpaired) electrons. The molecule has 1 amide bonds. The van der Waals surface area contributed by atoms with Crippen LogP contribution in [0.3, 0.4) is 0 Å². The van der Waals surface area contributed by atoms with Crippen molar-refractivity contribution in [3.8, 4) is 5.75 Å². The zero-order valence-corrected chi connectivity index (χ0v) is 21.0. The Morgan fingerprint density at radius 1 is 1.11 bits per heavy atom. The van der Waals surface area contributed by atoms with E-state index in [2.05, 4.69) is 38.1 Å². The van der Waals surface area contributed by atoms with Gasteiger partial charge in [0.1, 0.15) is 18.0 Å². The van der Waals surface area contributed by atoms with Gasteiger partial charge in [-0.2, -0.15) is 0 Å². The first kappa shape index (κ1) is 24.3. The predicted molar refractivity (Wildman–Crippen MR) is 135 cm³/mol. The zero-order valence-electron chi connectivity index (χ0n) is 21.0. The molecular weight excluding hydrogens is 440 g/mol. The maximum absolute atomic E-state index is 13.3. The molecule has 35 heavy (non-hydrogen) atoms. The highest BCUT2D eigenvalue weighted by Gasteiger charge is 2.68. The van der Waals surface area contributed by atoms with E-state index in [1.165, 1.54) is 5.56 Å². The van der Waals surface area contributed by atoms with Gasteiger partial charge in [0.15, 0.2) is 0 Å². The molecule has 0 aromatic heterocycles. The average molecular weight is 479 g/mol. The Morgan fingerprint density at radius 2 is 1.83 bits per heavy atom. The lowest BCUT2D eigenvalue weighted by Crippen LogP contribution is -2.73. The molecule has 6 rings (SSSR count). The Hall–Kier alpha value is -2.41. The molecule has 6 nitrogen and oxygen atoms in total. The molecule has 188 valence electrons. The highest BCUT2D eigenvalue weighted by atomic mass is 16.5. The molecule has 2 bridgehead atoms. The third-order valence-corrected chi connectivity index (χ3v) is 9.15. The molecule has 4 aliphatic rings. The van der Waals surface area contributed by atoms with Crippen LogP contribution in [0.1, 0.15) is 67.4 Å². The van der Waals surface area contributed by atoms with Gasteiger partial charge in [0.2, 0.25) is 0 Å². The van der Waals surface area contributed by atoms with Gasteiger partial charge in [-0.05, 0) is 72.8 Å². The molecule has 3 aliphatic carbocycles. The second-order valence-electron chi connectivity index (χ2n) is 11.5. The van der Waals surface area contributed by atoms with E-state index in [-0.39, 0.29) is 23.2 Å². The van der Waals surface area contributed by atoms with Crippen molar-refractivity contribution in [2.24, 2.45) is 23.0 Å². The third-order valence-electron chi connectivity index (χ3n) is 9.15. The zero-order chi connectivity index (χ0) is 25.0. The second kappa shape index (κ2) is 8.91. The smallest absolute Gasteiger partial charge is 0.253 e. The lowest BCUT2D eigenvalue weighted by atomic mass is 9.42. The summed E-state index contributed by atoms with van der Waals surface area (Å²) in [6, 6.07) is 15.7. The molecular formula is C29H38N2O4. The molecule has 1 heterocycles. The summed E-state index contributed by atoms with van der Waals surface area (Å²) in [4.78, 5) is 15.2. The van der Waals surface area contributed by atoms with Crippen molar-refractivity contribution in [3.05, 3.63) is 65.2 Å². The number of rotatable bonds is 5. The first-order valence-corrected chi connectivity index (χ1v) is 12.9. The molecule has 5 atom stereocenters. The summed E-state index contributed by atoms with van der Waals surface area (Å²) in [5.74, 6) is 1.23. The van der Waals surface area contributed by atoms with Crippen LogP contribution in [0.5, 0.6) is 5.75 Å². The van der Waals surface area contributed by atoms with E-state index in [9.17, 15) is 15.0 Å². The van der Waals surface area contributed by atoms with Crippen molar-refractivity contribution in [1.29, 1.82) is 0 Å². The van der Waals surface area contributed by atoms with Crippen molar-refractivity contribution in [1.82, 2.24) is 4.90 Å². The number of nitrogens with two attached hydrogens (primary N) is 1. The average Bonchev–Trinajstić information content (AvgIpc) is 2.86. The van der Waals surface area contributed by atoms with Gasteiger partial charge < -0.3 is 25.6 Å². The van der Waals surface area contributed by atoms with Crippen molar-refractivity contribution in [2.45, 2.75) is 70.3 Å². The highest BCUT2D eigenvalue weighted by molar-refractivity contribution is 5.94. The number of hydrogen-bond acceptors (Lipinski definition) is 5. The molecule has 4 fully saturated rings. The lowest BCUT2D eigenvalue weighted by Gasteiger charge is -2.66. The number of benzene rings is 2. The third kappa shape index (κ3) is 4.15. The minimum Gasteiger partial charge on any atom is -0.487 e. The maximum Gasteiger partial charge on any atom is 0.253 e. The van der Waals surface area contributed by atoms with Gasteiger partial charge in [-0.15, -0.1) is 0 Å². The number of hydrogen-bond donors (Lipinski definition) is 3. The van der Waals surface area contributed by atoms with Crippen molar-refractivity contribution in [3.63, 3.8) is 0 Å². The molecule has 2 aromatic rings. The number of aliphatic hydroxyl groups excluding tert-OH is 1. The minimum absolute atomic E-state index is 0.00448. The van der Waals surface area contributed by atoms with Gasteiger partial charge in [-0.3, -0.25) is 4.79 Å². The number of carbonyl (C=O) groups excluding carboxylic acids is 1. The van der Waals surface area contributed by atoms with E-state index in [0.29, 0.717) is 36.9 Å². The molecule has 3 saturated carbocycles. The van der Waals surface area contributed by atoms with Crippen LogP contribution in [0, 0.1) is 17.3 Å². The summed E-state index contributed by atoms with van der Waals surface area (Å²) in [6.45, 7) is 7.95. The summed E-state index contributed by atoms with van der Waals surface area (Å²) in [5, 5.41) is 21.9. The van der Waals surface area contributed by atoms with Crippen molar-refractivity contribution >= 4 is 5.91 Å². The molecule has 0 spiro atoms. The first-order chi connectivity index (χ1) is 16.6. The number of carbonyl (C=O) groups is 1. The van der Waals surface area contributed by atoms with Crippen molar-refractivity contribution < 1.29 is 19.7 Å². The SMILES string of the molecule is CC1(C)C2CC1C(C)(O)C(O)C2Oc1cccc(C(=O)N2CCC(c3cccc(CN)c3)CC2)c1. The number of piperidine rings is 1. The Labute approximate surface area is 208 Å². The highest BCUT2D eigenvalue weighted by Crippen LogP contribution is 2.63. The molecule has 1 aliphatic heterocycles. The van der Waals surface area contributed by atoms with E-state index in [4.69, 9.17) is 10.5 Å². The number of amides is 1. The molecule has 4 N–H and O–H groups in total. The molecule has 6 heteroatoms. The van der Waals surface area contributed by atoms with Gasteiger partial charge in [-0.1, -0.05) is 44.2 Å². The Balaban J connectivity index is 1.25. The van der Waals surface area contributed by atoms with Gasteiger partial charge >= 0.3 is 0 Å². The number of fused-ring (bicyclic) bond motifs is 2. The fourth-order valence-electron chi connectivity index (χ4n) is 6.85. The van der Waals surface area contributed by atoms with Crippen LogP contribution in [0.15, 0.2) is 48.5 Å². The Bertz CT molecular complexity index is 1090. The predicted octanol–water partition coefficient (Wildman–Crippen LogP) is 3.70. The van der Waals surface area contributed by atoms with Crippen molar-refractivity contribution in [2.75, 3.05) is 13.1 Å². The standard InChI is InChI=1S/C29H38N2O4/c1-28(2)23-16-24(28)29(3,34)26(32)25(23)35-22-9-5-8-21(15-22)27(33)31-12-10-19(11-13-31)20-7-4-6-18(14-20)17-30/h4-9,14-15,19,23-26,32,34H,10-13,16-17,30H2,1-3H3. The lowest BCUT2D eigenvalue weighted by molar-refractivity contribution is -0.284. The maximum atomic E-state index is 13.3. The summed E-state index contributed by atoms with van der Waals surface area (Å²) >= 11 is 0. The minimum atomic E-state index is -1.19. The van der Waals surface area contributed by atoms with Crippen LogP contribution in [-0.4, -0.2) is 51.9 Å². The topological polar surface area (TPSA) is 96.0 Å². The number of ether oxygens (including phenoxy) is 1. The molecule has 5 unspecified atom stereocenters. The summed E-state index contributed by atoms with van der Waals surface area (Å²) in [7, 11) is 0. The van der Waals surface area contributed by atoms with Gasteiger partial charge in [0, 0.05) is 31.1 Å². The quantitative estimate of drug-likeness (QED) is 0.609. The van der Waals surface area contributed by atoms with E-state index in [1.54, 1.807) is 13.0 Å². The van der Waals surface area contributed by atoms with E-state index >= 15 is 0 Å². The van der Waals surface area contributed by atoms with Crippen LogP contribution in [0.4, 0.5) is 0 Å². The fraction of sp³-hybridized carbons (Fsp3) is 0.552. The van der Waals surface area contributed by atoms with Gasteiger partial charge in [0.25, 0.3) is 5.91 Å². The van der Waals surface area contributed by atoms with E-state index in [0.717, 1.165) is 24.8 Å². The fourth-order valence-corrected chi connectivity index (χ4v) is 6.85. The summed E-state index contributed by atoms with van der Waals surface area (Å²) < 4.78 is 6.27. The largest absolute Gasteiger partial charge is 0.487 e. The van der Waals surface area contributed by atoms with Gasteiger partial charge in [0.05, 0.1) is 5.60 Å². The van der Waals surface area contributed by atoms with Crippen LogP contribution in [0.25, 0.3) is 0 Å². The normalized spacial score (nSPS) is 32.1. The molecule has 1 saturated heterocycles. The number of nitrogens with zero attached hydrogens (tertiary/aromatic N) is 1.